The third-order valence-corrected chi connectivity index (χ3v) is 3.23. The zero-order valence-corrected chi connectivity index (χ0v) is 13.7. The molecule has 1 amide bonds. The highest BCUT2D eigenvalue weighted by atomic mass is 16.5. The predicted molar refractivity (Wildman–Crippen MR) is 91.7 cm³/mol. The summed E-state index contributed by atoms with van der Waals surface area (Å²) in [5.41, 5.74) is 3.74. The van der Waals surface area contributed by atoms with Gasteiger partial charge in [-0.1, -0.05) is 12.1 Å². The second-order valence-electron chi connectivity index (χ2n) is 4.97. The summed E-state index contributed by atoms with van der Waals surface area (Å²) >= 11 is 0. The number of nitrogens with one attached hydrogen (secondary N) is 1. The van der Waals surface area contributed by atoms with Gasteiger partial charge in [-0.15, -0.1) is 0 Å². The van der Waals surface area contributed by atoms with Crippen molar-refractivity contribution in [3.8, 4) is 17.2 Å². The number of hydrogen-bond acceptors (Lipinski definition) is 5. The number of ether oxygens (including phenoxy) is 2. The van der Waals surface area contributed by atoms with E-state index in [1.807, 2.05) is 31.2 Å². The van der Waals surface area contributed by atoms with Gasteiger partial charge in [-0.25, -0.2) is 5.43 Å². The van der Waals surface area contributed by atoms with Gasteiger partial charge in [0, 0.05) is 5.56 Å². The van der Waals surface area contributed by atoms with Crippen LogP contribution in [0.1, 0.15) is 18.1 Å². The molecular formula is C18H20N2O4. The Hall–Kier alpha value is -3.02. The summed E-state index contributed by atoms with van der Waals surface area (Å²) in [4.78, 5) is 11.9. The van der Waals surface area contributed by atoms with E-state index < -0.39 is 0 Å². The monoisotopic (exact) mass is 328 g/mol. The number of aromatic hydroxyl groups is 1. The van der Waals surface area contributed by atoms with Gasteiger partial charge in [0.2, 0.25) is 5.91 Å². The number of carbonyl (C=O) groups excluding carboxylic acids is 1. The van der Waals surface area contributed by atoms with Crippen LogP contribution < -0.4 is 14.9 Å². The molecule has 2 N–H and O–H groups in total. The highest BCUT2D eigenvalue weighted by Crippen LogP contribution is 2.20. The van der Waals surface area contributed by atoms with E-state index in [0.717, 1.165) is 11.3 Å². The van der Waals surface area contributed by atoms with Crippen LogP contribution >= 0.6 is 0 Å². The fraction of sp³-hybridized carbons (Fsp3) is 0.222. The Kier molecular flexibility index (Phi) is 6.19. The number of amides is 1. The molecule has 0 bridgehead atoms. The van der Waals surface area contributed by atoms with Crippen molar-refractivity contribution in [3.63, 3.8) is 0 Å². The second kappa shape index (κ2) is 8.57. The summed E-state index contributed by atoms with van der Waals surface area (Å²) in [5.74, 6) is 1.17. The van der Waals surface area contributed by atoms with Crippen LogP contribution in [0.2, 0.25) is 0 Å². The normalized spacial score (nSPS) is 10.6. The molecule has 0 atom stereocenters. The van der Waals surface area contributed by atoms with E-state index in [0.29, 0.717) is 17.9 Å². The van der Waals surface area contributed by atoms with Gasteiger partial charge in [0.05, 0.1) is 26.4 Å². The Morgan fingerprint density at radius 2 is 1.92 bits per heavy atom. The van der Waals surface area contributed by atoms with Crippen LogP contribution in [0, 0.1) is 0 Å². The molecule has 0 spiro atoms. The maximum atomic E-state index is 11.9. The number of phenolic OH excluding ortho intramolecular Hbond substituents is 1. The van der Waals surface area contributed by atoms with Crippen molar-refractivity contribution in [1.29, 1.82) is 0 Å². The summed E-state index contributed by atoms with van der Waals surface area (Å²) < 4.78 is 10.4. The minimum absolute atomic E-state index is 0.0558. The Labute approximate surface area is 140 Å². The molecule has 126 valence electrons. The van der Waals surface area contributed by atoms with Crippen LogP contribution in [-0.2, 0) is 11.2 Å². The first kappa shape index (κ1) is 17.3. The first-order chi connectivity index (χ1) is 11.6. The van der Waals surface area contributed by atoms with Gasteiger partial charge in [-0.2, -0.15) is 5.10 Å². The van der Waals surface area contributed by atoms with Crippen LogP contribution in [0.25, 0.3) is 0 Å². The molecule has 2 aromatic rings. The number of carbonyl (C=O) groups is 1. The van der Waals surface area contributed by atoms with Gasteiger partial charge in [0.1, 0.15) is 17.2 Å². The average Bonchev–Trinajstić information content (AvgIpc) is 2.58. The second-order valence-corrected chi connectivity index (χ2v) is 4.97. The molecule has 0 aliphatic rings. The van der Waals surface area contributed by atoms with E-state index in [2.05, 4.69) is 10.5 Å². The number of phenols is 1. The summed E-state index contributed by atoms with van der Waals surface area (Å²) in [6.45, 7) is 2.52. The molecule has 2 rings (SSSR count). The SMILES string of the molecule is CCOc1ccc(CC(=O)N/N=C/c2cc(OC)ccc2O)cc1. The number of benzene rings is 2. The minimum atomic E-state index is -0.252. The van der Waals surface area contributed by atoms with E-state index in [9.17, 15) is 9.90 Å². The fourth-order valence-electron chi connectivity index (χ4n) is 2.03. The van der Waals surface area contributed by atoms with Crippen molar-refractivity contribution in [3.05, 3.63) is 53.6 Å². The Morgan fingerprint density at radius 1 is 1.21 bits per heavy atom. The number of nitrogens with zero attached hydrogens (tertiary/aromatic N) is 1. The van der Waals surface area contributed by atoms with E-state index in [1.54, 1.807) is 12.1 Å². The molecule has 2 aromatic carbocycles. The molecule has 24 heavy (non-hydrogen) atoms. The zero-order chi connectivity index (χ0) is 17.4. The largest absolute Gasteiger partial charge is 0.507 e. The number of hydrazone groups is 1. The summed E-state index contributed by atoms with van der Waals surface area (Å²) in [5, 5.41) is 13.6. The van der Waals surface area contributed by atoms with Crippen LogP contribution in [0.3, 0.4) is 0 Å². The van der Waals surface area contributed by atoms with Gasteiger partial charge in [0.15, 0.2) is 0 Å². The maximum Gasteiger partial charge on any atom is 0.244 e. The third-order valence-electron chi connectivity index (χ3n) is 3.23. The van der Waals surface area contributed by atoms with Crippen molar-refractivity contribution in [1.82, 2.24) is 5.43 Å². The van der Waals surface area contributed by atoms with Crippen LogP contribution in [-0.4, -0.2) is 30.9 Å². The first-order valence-electron chi connectivity index (χ1n) is 7.53. The van der Waals surface area contributed by atoms with Gasteiger partial charge in [-0.3, -0.25) is 4.79 Å². The van der Waals surface area contributed by atoms with E-state index in [1.165, 1.54) is 19.4 Å². The van der Waals surface area contributed by atoms with Crippen LogP contribution in [0.4, 0.5) is 0 Å². The molecule has 0 saturated carbocycles. The molecule has 0 heterocycles. The highest BCUT2D eigenvalue weighted by molar-refractivity contribution is 5.86. The topological polar surface area (TPSA) is 80.2 Å². The van der Waals surface area contributed by atoms with E-state index in [-0.39, 0.29) is 18.1 Å². The average molecular weight is 328 g/mol. The zero-order valence-electron chi connectivity index (χ0n) is 13.7. The minimum Gasteiger partial charge on any atom is -0.507 e. The standard InChI is InChI=1S/C18H20N2O4/c1-3-24-15-6-4-13(5-7-15)10-18(22)20-19-12-14-11-16(23-2)8-9-17(14)21/h4-9,11-12,21H,3,10H2,1-2H3,(H,20,22)/b19-12+. The molecule has 0 aromatic heterocycles. The van der Waals surface area contributed by atoms with E-state index >= 15 is 0 Å². The van der Waals surface area contributed by atoms with Gasteiger partial charge >= 0.3 is 0 Å². The first-order valence-corrected chi connectivity index (χ1v) is 7.53. The lowest BCUT2D eigenvalue weighted by Gasteiger charge is -2.05. The predicted octanol–water partition coefficient (Wildman–Crippen LogP) is 2.49. The molecular weight excluding hydrogens is 308 g/mol. The number of hydrogen-bond donors (Lipinski definition) is 2. The lowest BCUT2D eigenvalue weighted by atomic mass is 10.1. The molecule has 0 radical (unpaired) electrons. The Morgan fingerprint density at radius 3 is 2.58 bits per heavy atom. The smallest absolute Gasteiger partial charge is 0.244 e. The molecule has 0 unspecified atom stereocenters. The fourth-order valence-corrected chi connectivity index (χ4v) is 2.03. The molecule has 0 aliphatic carbocycles. The number of rotatable bonds is 7. The molecule has 0 saturated heterocycles. The van der Waals surface area contributed by atoms with E-state index in [4.69, 9.17) is 9.47 Å². The third kappa shape index (κ3) is 5.01. The molecule has 0 fully saturated rings. The van der Waals surface area contributed by atoms with Crippen molar-refractivity contribution in [2.75, 3.05) is 13.7 Å². The lowest BCUT2D eigenvalue weighted by molar-refractivity contribution is -0.120. The number of methoxy groups -OCH3 is 1. The molecule has 6 nitrogen and oxygen atoms in total. The quantitative estimate of drug-likeness (QED) is 0.604. The van der Waals surface area contributed by atoms with Crippen LogP contribution in [0.5, 0.6) is 17.2 Å². The lowest BCUT2D eigenvalue weighted by Crippen LogP contribution is -2.19. The summed E-state index contributed by atoms with van der Waals surface area (Å²) in [6.07, 6.45) is 1.57. The Balaban J connectivity index is 1.90. The molecule has 6 heteroatoms. The van der Waals surface area contributed by atoms with Crippen molar-refractivity contribution < 1.29 is 19.4 Å². The van der Waals surface area contributed by atoms with Crippen molar-refractivity contribution >= 4 is 12.1 Å². The van der Waals surface area contributed by atoms with Gasteiger partial charge < -0.3 is 14.6 Å². The summed E-state index contributed by atoms with van der Waals surface area (Å²) in [7, 11) is 1.53. The maximum absolute atomic E-state index is 11.9. The van der Waals surface area contributed by atoms with Crippen molar-refractivity contribution in [2.45, 2.75) is 13.3 Å². The Bertz CT molecular complexity index is 711. The van der Waals surface area contributed by atoms with Crippen molar-refractivity contribution in [2.24, 2.45) is 5.10 Å². The van der Waals surface area contributed by atoms with Gasteiger partial charge in [-0.05, 0) is 42.8 Å². The van der Waals surface area contributed by atoms with Gasteiger partial charge in [0.25, 0.3) is 0 Å². The summed E-state index contributed by atoms with van der Waals surface area (Å²) in [6, 6.07) is 12.1. The highest BCUT2D eigenvalue weighted by Gasteiger charge is 2.04. The van der Waals surface area contributed by atoms with Crippen LogP contribution in [0.15, 0.2) is 47.6 Å². The molecule has 0 aliphatic heterocycles.